The number of nitrogens with one attached hydrogen (secondary N) is 1. The van der Waals surface area contributed by atoms with Crippen molar-refractivity contribution in [1.29, 1.82) is 0 Å². The molecule has 0 bridgehead atoms. The van der Waals surface area contributed by atoms with E-state index in [1.165, 1.54) is 0 Å². The van der Waals surface area contributed by atoms with Gasteiger partial charge in [0.1, 0.15) is 5.69 Å². The molecule has 0 saturated carbocycles. The van der Waals surface area contributed by atoms with Crippen molar-refractivity contribution in [3.05, 3.63) is 42.7 Å². The summed E-state index contributed by atoms with van der Waals surface area (Å²) in [5, 5.41) is 8.10. The number of rotatable bonds is 1. The molecule has 0 saturated heterocycles. The number of aromatic nitrogens is 4. The van der Waals surface area contributed by atoms with Gasteiger partial charge in [-0.3, -0.25) is 10.1 Å². The quantitative estimate of drug-likeness (QED) is 0.647. The van der Waals surface area contributed by atoms with Crippen molar-refractivity contribution in [2.45, 2.75) is 0 Å². The fraction of sp³-hybridized carbons (Fsp3) is 0. The van der Waals surface area contributed by atoms with Crippen molar-refractivity contribution in [1.82, 2.24) is 20.2 Å². The van der Waals surface area contributed by atoms with Crippen molar-refractivity contribution in [2.24, 2.45) is 0 Å². The van der Waals surface area contributed by atoms with E-state index in [9.17, 15) is 0 Å². The second-order valence-corrected chi connectivity index (χ2v) is 3.19. The highest BCUT2D eigenvalue weighted by Crippen LogP contribution is 2.22. The normalized spacial score (nSPS) is 10.7. The van der Waals surface area contributed by atoms with Crippen LogP contribution in [-0.4, -0.2) is 20.2 Å². The molecule has 1 N–H and O–H groups in total. The fourth-order valence-electron chi connectivity index (χ4n) is 1.55. The molecule has 0 aliphatic heterocycles. The predicted molar refractivity (Wildman–Crippen MR) is 57.1 cm³/mol. The SMILES string of the molecule is c1ccc(-c2n[nH]c3ncccc23)nc1. The average molecular weight is 196 g/mol. The minimum atomic E-state index is 0.790. The summed E-state index contributed by atoms with van der Waals surface area (Å²) in [5.74, 6) is 0. The molecule has 0 aliphatic rings. The van der Waals surface area contributed by atoms with E-state index in [1.54, 1.807) is 12.4 Å². The first kappa shape index (κ1) is 8.11. The van der Waals surface area contributed by atoms with Crippen LogP contribution in [0.4, 0.5) is 0 Å². The van der Waals surface area contributed by atoms with E-state index >= 15 is 0 Å². The van der Waals surface area contributed by atoms with E-state index in [1.807, 2.05) is 30.3 Å². The highest BCUT2D eigenvalue weighted by Gasteiger charge is 2.07. The van der Waals surface area contributed by atoms with Gasteiger partial charge in [-0.25, -0.2) is 4.98 Å². The van der Waals surface area contributed by atoms with Crippen LogP contribution in [0.5, 0.6) is 0 Å². The molecule has 3 rings (SSSR count). The van der Waals surface area contributed by atoms with Gasteiger partial charge in [-0.15, -0.1) is 0 Å². The molecule has 0 amide bonds. The molecule has 0 radical (unpaired) electrons. The van der Waals surface area contributed by atoms with Crippen LogP contribution in [0.2, 0.25) is 0 Å². The van der Waals surface area contributed by atoms with Gasteiger partial charge in [-0.1, -0.05) is 6.07 Å². The number of nitrogens with zero attached hydrogens (tertiary/aromatic N) is 3. The van der Waals surface area contributed by atoms with Gasteiger partial charge in [0.25, 0.3) is 0 Å². The van der Waals surface area contributed by atoms with E-state index in [4.69, 9.17) is 0 Å². The Kier molecular flexibility index (Phi) is 1.71. The maximum Gasteiger partial charge on any atom is 0.155 e. The first-order chi connectivity index (χ1) is 7.45. The fourth-order valence-corrected chi connectivity index (χ4v) is 1.55. The summed E-state index contributed by atoms with van der Waals surface area (Å²) in [4.78, 5) is 8.44. The molecule has 4 nitrogen and oxygen atoms in total. The molecular formula is C11H8N4. The zero-order chi connectivity index (χ0) is 10.1. The monoisotopic (exact) mass is 196 g/mol. The van der Waals surface area contributed by atoms with Gasteiger partial charge in [0.05, 0.1) is 5.69 Å². The molecule has 0 aliphatic carbocycles. The summed E-state index contributed by atoms with van der Waals surface area (Å²) < 4.78 is 0. The van der Waals surface area contributed by atoms with Crippen molar-refractivity contribution < 1.29 is 0 Å². The summed E-state index contributed by atoms with van der Waals surface area (Å²) in [6.07, 6.45) is 3.49. The van der Waals surface area contributed by atoms with Gasteiger partial charge in [0, 0.05) is 17.8 Å². The van der Waals surface area contributed by atoms with Crippen LogP contribution in [-0.2, 0) is 0 Å². The van der Waals surface area contributed by atoms with Crippen LogP contribution >= 0.6 is 0 Å². The lowest BCUT2D eigenvalue weighted by molar-refractivity contribution is 1.09. The number of fused-ring (bicyclic) bond motifs is 1. The standard InChI is InChI=1S/C11H8N4/c1-2-6-12-9(5-1)10-8-4-3-7-13-11(8)15-14-10/h1-7H,(H,13,14,15). The zero-order valence-electron chi connectivity index (χ0n) is 7.88. The van der Waals surface area contributed by atoms with Gasteiger partial charge in [-0.05, 0) is 24.3 Å². The zero-order valence-corrected chi connectivity index (χ0v) is 7.88. The molecule has 3 heterocycles. The van der Waals surface area contributed by atoms with Gasteiger partial charge in [0.15, 0.2) is 5.65 Å². The maximum absolute atomic E-state index is 4.26. The largest absolute Gasteiger partial charge is 0.260 e. The number of aromatic amines is 1. The Hall–Kier alpha value is -2.23. The first-order valence-electron chi connectivity index (χ1n) is 4.65. The number of pyridine rings is 2. The predicted octanol–water partition coefficient (Wildman–Crippen LogP) is 2.02. The minimum Gasteiger partial charge on any atom is -0.260 e. The highest BCUT2D eigenvalue weighted by molar-refractivity contribution is 5.89. The van der Waals surface area contributed by atoms with E-state index in [-0.39, 0.29) is 0 Å². The van der Waals surface area contributed by atoms with Crippen molar-refractivity contribution >= 4 is 11.0 Å². The summed E-state index contributed by atoms with van der Waals surface area (Å²) >= 11 is 0. The Balaban J connectivity index is 2.28. The molecule has 3 aromatic rings. The van der Waals surface area contributed by atoms with Gasteiger partial charge >= 0.3 is 0 Å². The lowest BCUT2D eigenvalue weighted by Crippen LogP contribution is -1.82. The van der Waals surface area contributed by atoms with E-state index in [2.05, 4.69) is 20.2 Å². The maximum atomic E-state index is 4.26. The van der Waals surface area contributed by atoms with E-state index < -0.39 is 0 Å². The van der Waals surface area contributed by atoms with Crippen molar-refractivity contribution in [2.75, 3.05) is 0 Å². The van der Waals surface area contributed by atoms with Gasteiger partial charge < -0.3 is 0 Å². The van der Waals surface area contributed by atoms with Crippen LogP contribution in [0.25, 0.3) is 22.4 Å². The molecule has 0 atom stereocenters. The van der Waals surface area contributed by atoms with Crippen LogP contribution in [0.15, 0.2) is 42.7 Å². The van der Waals surface area contributed by atoms with Crippen LogP contribution in [0.3, 0.4) is 0 Å². The Morgan fingerprint density at radius 3 is 2.73 bits per heavy atom. The number of H-pyrrole nitrogens is 1. The third kappa shape index (κ3) is 1.27. The molecule has 0 aromatic carbocycles. The summed E-state index contributed by atoms with van der Waals surface area (Å²) in [5.41, 5.74) is 2.49. The van der Waals surface area contributed by atoms with Crippen LogP contribution in [0.1, 0.15) is 0 Å². The third-order valence-electron chi connectivity index (χ3n) is 2.24. The molecule has 0 fully saturated rings. The van der Waals surface area contributed by atoms with Crippen LogP contribution in [0, 0.1) is 0 Å². The van der Waals surface area contributed by atoms with Gasteiger partial charge in [0.2, 0.25) is 0 Å². The molecule has 4 heteroatoms. The van der Waals surface area contributed by atoms with Crippen LogP contribution < -0.4 is 0 Å². The smallest absolute Gasteiger partial charge is 0.155 e. The minimum absolute atomic E-state index is 0.790. The highest BCUT2D eigenvalue weighted by atomic mass is 15.2. The number of hydrogen-bond acceptors (Lipinski definition) is 3. The Labute approximate surface area is 86.0 Å². The molecule has 15 heavy (non-hydrogen) atoms. The summed E-state index contributed by atoms with van der Waals surface area (Å²) in [7, 11) is 0. The second kappa shape index (κ2) is 3.16. The molecule has 0 unspecified atom stereocenters. The van der Waals surface area contributed by atoms with E-state index in [0.29, 0.717) is 0 Å². The second-order valence-electron chi connectivity index (χ2n) is 3.19. The van der Waals surface area contributed by atoms with Gasteiger partial charge in [-0.2, -0.15) is 5.10 Å². The molecule has 0 spiro atoms. The third-order valence-corrected chi connectivity index (χ3v) is 2.24. The summed E-state index contributed by atoms with van der Waals surface area (Å²) in [6.45, 7) is 0. The topological polar surface area (TPSA) is 54.5 Å². The molecule has 3 aromatic heterocycles. The summed E-state index contributed by atoms with van der Waals surface area (Å²) in [6, 6.07) is 9.64. The lowest BCUT2D eigenvalue weighted by atomic mass is 10.2. The average Bonchev–Trinajstić information content (AvgIpc) is 2.74. The Morgan fingerprint density at radius 1 is 0.933 bits per heavy atom. The van der Waals surface area contributed by atoms with Crippen molar-refractivity contribution in [3.8, 4) is 11.4 Å². The first-order valence-corrected chi connectivity index (χ1v) is 4.65. The molecule has 72 valence electrons. The Morgan fingerprint density at radius 2 is 1.87 bits per heavy atom. The molecular weight excluding hydrogens is 188 g/mol. The van der Waals surface area contributed by atoms with E-state index in [0.717, 1.165) is 22.4 Å². The van der Waals surface area contributed by atoms with Crippen molar-refractivity contribution in [3.63, 3.8) is 0 Å². The number of hydrogen-bond donors (Lipinski definition) is 1. The lowest BCUT2D eigenvalue weighted by Gasteiger charge is -1.94. The Bertz CT molecular complexity index is 586.